The summed E-state index contributed by atoms with van der Waals surface area (Å²) < 4.78 is 11.1. The molecule has 1 aromatic heterocycles. The summed E-state index contributed by atoms with van der Waals surface area (Å²) in [5, 5.41) is 3.40. The molecule has 5 nitrogen and oxygen atoms in total. The maximum atomic E-state index is 5.56. The quantitative estimate of drug-likeness (QED) is 0.479. The molecule has 0 amide bonds. The summed E-state index contributed by atoms with van der Waals surface area (Å²) in [7, 11) is 3.49. The number of nitrogens with zero attached hydrogens (tertiary/aromatic N) is 3. The molecule has 0 saturated carbocycles. The number of aromatic nitrogens is 2. The number of hydrogen-bond acceptors (Lipinski definition) is 5. The predicted octanol–water partition coefficient (Wildman–Crippen LogP) is 5.07. The highest BCUT2D eigenvalue weighted by Crippen LogP contribution is 2.34. The zero-order valence-electron chi connectivity index (χ0n) is 17.3. The van der Waals surface area contributed by atoms with Gasteiger partial charge in [0.15, 0.2) is 0 Å². The Labute approximate surface area is 176 Å². The first-order chi connectivity index (χ1) is 14.7. The van der Waals surface area contributed by atoms with E-state index in [2.05, 4.69) is 64.5 Å². The molecule has 1 aliphatic heterocycles. The molecular weight excluding hydrogens is 374 g/mol. The monoisotopic (exact) mass is 399 g/mol. The van der Waals surface area contributed by atoms with Crippen molar-refractivity contribution in [3.05, 3.63) is 60.8 Å². The van der Waals surface area contributed by atoms with Crippen molar-refractivity contribution in [2.24, 2.45) is 0 Å². The third-order valence-corrected chi connectivity index (χ3v) is 5.95. The first kappa shape index (κ1) is 18.8. The maximum absolute atomic E-state index is 5.56. The lowest BCUT2D eigenvalue weighted by molar-refractivity contribution is 0.0889. The molecule has 3 aromatic carbocycles. The molecule has 1 saturated heterocycles. The Bertz CT molecular complexity index is 1210. The SMILES string of the molecule is COc1cc(-c2ccc3cnc(N4CCCC(OC)C4)nc3c2)c2ccccc2c1. The lowest BCUT2D eigenvalue weighted by atomic mass is 9.97. The summed E-state index contributed by atoms with van der Waals surface area (Å²) >= 11 is 0. The van der Waals surface area contributed by atoms with Gasteiger partial charge >= 0.3 is 0 Å². The molecular formula is C25H25N3O2. The summed E-state index contributed by atoms with van der Waals surface area (Å²) in [6, 6.07) is 18.9. The van der Waals surface area contributed by atoms with Crippen LogP contribution >= 0.6 is 0 Å². The first-order valence-electron chi connectivity index (χ1n) is 10.4. The first-order valence-corrected chi connectivity index (χ1v) is 10.4. The second-order valence-corrected chi connectivity index (χ2v) is 7.79. The van der Waals surface area contributed by atoms with Crippen molar-refractivity contribution in [1.29, 1.82) is 0 Å². The Morgan fingerprint density at radius 2 is 1.90 bits per heavy atom. The fourth-order valence-corrected chi connectivity index (χ4v) is 4.29. The van der Waals surface area contributed by atoms with E-state index in [1.54, 1.807) is 14.2 Å². The molecule has 0 radical (unpaired) electrons. The summed E-state index contributed by atoms with van der Waals surface area (Å²) in [6.45, 7) is 1.80. The smallest absolute Gasteiger partial charge is 0.225 e. The van der Waals surface area contributed by atoms with E-state index in [0.717, 1.165) is 65.0 Å². The largest absolute Gasteiger partial charge is 0.497 e. The molecule has 2 heterocycles. The van der Waals surface area contributed by atoms with Crippen LogP contribution in [0.15, 0.2) is 60.8 Å². The van der Waals surface area contributed by atoms with E-state index in [-0.39, 0.29) is 6.10 Å². The van der Waals surface area contributed by atoms with Crippen LogP contribution in [0.2, 0.25) is 0 Å². The van der Waals surface area contributed by atoms with Gasteiger partial charge in [-0.15, -0.1) is 0 Å². The van der Waals surface area contributed by atoms with E-state index in [4.69, 9.17) is 14.5 Å². The normalized spacial score (nSPS) is 16.9. The second kappa shape index (κ2) is 7.92. The van der Waals surface area contributed by atoms with E-state index in [1.165, 1.54) is 5.39 Å². The predicted molar refractivity (Wildman–Crippen MR) is 121 cm³/mol. The highest BCUT2D eigenvalue weighted by atomic mass is 16.5. The van der Waals surface area contributed by atoms with Gasteiger partial charge in [0.1, 0.15) is 5.75 Å². The molecule has 5 heteroatoms. The molecule has 1 atom stereocenters. The van der Waals surface area contributed by atoms with Gasteiger partial charge in [-0.05, 0) is 52.9 Å². The molecule has 1 fully saturated rings. The number of rotatable bonds is 4. The molecule has 152 valence electrons. The lowest BCUT2D eigenvalue weighted by Crippen LogP contribution is -2.40. The third-order valence-electron chi connectivity index (χ3n) is 5.95. The van der Waals surface area contributed by atoms with Crippen molar-refractivity contribution in [2.45, 2.75) is 18.9 Å². The minimum absolute atomic E-state index is 0.243. The molecule has 0 spiro atoms. The summed E-state index contributed by atoms with van der Waals surface area (Å²) in [5.74, 6) is 1.63. The van der Waals surface area contributed by atoms with Gasteiger partial charge in [-0.3, -0.25) is 0 Å². The van der Waals surface area contributed by atoms with Gasteiger partial charge in [0.2, 0.25) is 5.95 Å². The second-order valence-electron chi connectivity index (χ2n) is 7.79. The fraction of sp³-hybridized carbons (Fsp3) is 0.280. The van der Waals surface area contributed by atoms with Crippen LogP contribution in [0.1, 0.15) is 12.8 Å². The summed E-state index contributed by atoms with van der Waals surface area (Å²) in [5.41, 5.74) is 3.21. The van der Waals surface area contributed by atoms with Crippen molar-refractivity contribution < 1.29 is 9.47 Å². The Morgan fingerprint density at radius 3 is 2.77 bits per heavy atom. The van der Waals surface area contributed by atoms with Crippen molar-refractivity contribution >= 4 is 27.6 Å². The van der Waals surface area contributed by atoms with E-state index in [0.29, 0.717) is 0 Å². The number of benzene rings is 3. The molecule has 4 aromatic rings. The minimum Gasteiger partial charge on any atom is -0.497 e. The van der Waals surface area contributed by atoms with Crippen molar-refractivity contribution in [2.75, 3.05) is 32.2 Å². The minimum atomic E-state index is 0.243. The molecule has 5 rings (SSSR count). The average molecular weight is 399 g/mol. The maximum Gasteiger partial charge on any atom is 0.225 e. The molecule has 1 aliphatic rings. The number of anilines is 1. The Kier molecular flexibility index (Phi) is 4.97. The van der Waals surface area contributed by atoms with E-state index in [9.17, 15) is 0 Å². The summed E-state index contributed by atoms with van der Waals surface area (Å²) in [4.78, 5) is 11.7. The van der Waals surface area contributed by atoms with Crippen LogP contribution in [0.25, 0.3) is 32.8 Å². The standard InChI is InChI=1S/C25H25N3O2/c1-29-20-7-5-11-28(16-20)25-26-15-19-10-9-18(13-24(19)27-25)23-14-21(30-2)12-17-6-3-4-8-22(17)23/h3-4,6,8-10,12-15,20H,5,7,11,16H2,1-2H3. The van der Waals surface area contributed by atoms with Crippen LogP contribution in [0.3, 0.4) is 0 Å². The number of ether oxygens (including phenoxy) is 2. The summed E-state index contributed by atoms with van der Waals surface area (Å²) in [6.07, 6.45) is 4.35. The molecule has 1 unspecified atom stereocenters. The van der Waals surface area contributed by atoms with E-state index in [1.807, 2.05) is 6.20 Å². The number of hydrogen-bond donors (Lipinski definition) is 0. The fourth-order valence-electron chi connectivity index (χ4n) is 4.29. The van der Waals surface area contributed by atoms with Crippen LogP contribution < -0.4 is 9.64 Å². The average Bonchev–Trinajstić information content (AvgIpc) is 2.82. The van der Waals surface area contributed by atoms with Gasteiger partial charge < -0.3 is 14.4 Å². The van der Waals surface area contributed by atoms with Crippen LogP contribution in [0.4, 0.5) is 5.95 Å². The Hall–Kier alpha value is -3.18. The van der Waals surface area contributed by atoms with Crippen molar-refractivity contribution in [3.8, 4) is 16.9 Å². The van der Waals surface area contributed by atoms with Gasteiger partial charge in [-0.25, -0.2) is 9.97 Å². The van der Waals surface area contributed by atoms with Crippen molar-refractivity contribution in [3.63, 3.8) is 0 Å². The van der Waals surface area contributed by atoms with Gasteiger partial charge in [0, 0.05) is 31.8 Å². The zero-order chi connectivity index (χ0) is 20.5. The van der Waals surface area contributed by atoms with Crippen LogP contribution in [0.5, 0.6) is 5.75 Å². The van der Waals surface area contributed by atoms with Crippen LogP contribution in [-0.4, -0.2) is 43.4 Å². The molecule has 0 aliphatic carbocycles. The number of fused-ring (bicyclic) bond motifs is 2. The molecule has 0 bridgehead atoms. The van der Waals surface area contributed by atoms with Crippen LogP contribution in [0, 0.1) is 0 Å². The molecule has 0 N–H and O–H groups in total. The highest BCUT2D eigenvalue weighted by molar-refractivity contribution is 5.99. The topological polar surface area (TPSA) is 47.5 Å². The van der Waals surface area contributed by atoms with Gasteiger partial charge in [-0.2, -0.15) is 0 Å². The van der Waals surface area contributed by atoms with Gasteiger partial charge in [0.25, 0.3) is 0 Å². The third kappa shape index (κ3) is 3.46. The van der Waals surface area contributed by atoms with Gasteiger partial charge in [-0.1, -0.05) is 36.4 Å². The van der Waals surface area contributed by atoms with Gasteiger partial charge in [0.05, 0.1) is 18.7 Å². The lowest BCUT2D eigenvalue weighted by Gasteiger charge is -2.31. The highest BCUT2D eigenvalue weighted by Gasteiger charge is 2.21. The number of piperidine rings is 1. The van der Waals surface area contributed by atoms with E-state index >= 15 is 0 Å². The van der Waals surface area contributed by atoms with Crippen molar-refractivity contribution in [1.82, 2.24) is 9.97 Å². The molecule has 30 heavy (non-hydrogen) atoms. The zero-order valence-corrected chi connectivity index (χ0v) is 17.3. The Balaban J connectivity index is 1.59. The van der Waals surface area contributed by atoms with Crippen LogP contribution in [-0.2, 0) is 4.74 Å². The van der Waals surface area contributed by atoms with E-state index < -0.39 is 0 Å². The Morgan fingerprint density at radius 1 is 1.00 bits per heavy atom. The number of methoxy groups -OCH3 is 2.